The van der Waals surface area contributed by atoms with Crippen LogP contribution in [-0.2, 0) is 9.59 Å². The predicted molar refractivity (Wildman–Crippen MR) is 43.5 cm³/mol. The molecule has 4 amide bonds. The van der Waals surface area contributed by atoms with E-state index in [1.165, 1.54) is 0 Å². The Morgan fingerprint density at radius 1 is 1.54 bits per heavy atom. The van der Waals surface area contributed by atoms with Crippen LogP contribution < -0.4 is 11.1 Å². The highest BCUT2D eigenvalue weighted by molar-refractivity contribution is 6.07. The number of nitrogens with two attached hydrogens (primary N) is 1. The minimum absolute atomic E-state index is 0.245. The lowest BCUT2D eigenvalue weighted by atomic mass is 10.0. The molecule has 6 nitrogen and oxygen atoms in total. The van der Waals surface area contributed by atoms with E-state index in [9.17, 15) is 14.4 Å². The maximum atomic E-state index is 11.2. The second-order valence-electron chi connectivity index (χ2n) is 3.37. The Morgan fingerprint density at radius 3 is 2.38 bits per heavy atom. The van der Waals surface area contributed by atoms with Gasteiger partial charge in [0.25, 0.3) is 5.91 Å². The summed E-state index contributed by atoms with van der Waals surface area (Å²) in [4.78, 5) is 34.0. The molecule has 0 unspecified atom stereocenters. The average Bonchev–Trinajstić information content (AvgIpc) is 2.13. The van der Waals surface area contributed by atoms with Crippen molar-refractivity contribution in [1.82, 2.24) is 10.2 Å². The number of imide groups is 1. The molecule has 1 saturated heterocycles. The van der Waals surface area contributed by atoms with E-state index in [2.05, 4.69) is 5.32 Å². The first-order valence-corrected chi connectivity index (χ1v) is 3.77. The lowest BCUT2D eigenvalue weighted by Gasteiger charge is -2.26. The average molecular weight is 185 g/mol. The Kier molecular flexibility index (Phi) is 1.99. The summed E-state index contributed by atoms with van der Waals surface area (Å²) in [5.41, 5.74) is 3.94. The van der Waals surface area contributed by atoms with Gasteiger partial charge in [0, 0.05) is 0 Å². The van der Waals surface area contributed by atoms with E-state index >= 15 is 0 Å². The van der Waals surface area contributed by atoms with Gasteiger partial charge < -0.3 is 10.6 Å². The van der Waals surface area contributed by atoms with Crippen LogP contribution in [0.5, 0.6) is 0 Å². The molecule has 1 rings (SSSR count). The van der Waals surface area contributed by atoms with Crippen LogP contribution in [0.3, 0.4) is 0 Å². The standard InChI is InChI=1S/C7H11N3O3/c1-7(2)5(12)9-6(13)10(7)3-4(8)11/h3H2,1-2H3,(H2,8,11)(H,9,12,13). The van der Waals surface area contributed by atoms with Gasteiger partial charge in [0.15, 0.2) is 0 Å². The van der Waals surface area contributed by atoms with Gasteiger partial charge in [-0.2, -0.15) is 0 Å². The smallest absolute Gasteiger partial charge is 0.325 e. The molecule has 13 heavy (non-hydrogen) atoms. The maximum Gasteiger partial charge on any atom is 0.325 e. The lowest BCUT2D eigenvalue weighted by Crippen LogP contribution is -2.47. The third-order valence-electron chi connectivity index (χ3n) is 2.01. The summed E-state index contributed by atoms with van der Waals surface area (Å²) in [5, 5.41) is 2.10. The number of hydrogen-bond donors (Lipinski definition) is 2. The normalized spacial score (nSPS) is 20.3. The van der Waals surface area contributed by atoms with Crippen LogP contribution in [0.15, 0.2) is 0 Å². The second kappa shape index (κ2) is 2.72. The molecule has 0 aromatic carbocycles. The van der Waals surface area contributed by atoms with E-state index in [4.69, 9.17) is 5.73 Å². The van der Waals surface area contributed by atoms with Crippen LogP contribution >= 0.6 is 0 Å². The molecule has 72 valence electrons. The highest BCUT2D eigenvalue weighted by atomic mass is 16.2. The number of rotatable bonds is 2. The minimum Gasteiger partial charge on any atom is -0.368 e. The number of carbonyl (C=O) groups excluding carboxylic acids is 3. The van der Waals surface area contributed by atoms with E-state index < -0.39 is 23.4 Å². The molecule has 1 aliphatic rings. The van der Waals surface area contributed by atoms with Gasteiger partial charge >= 0.3 is 6.03 Å². The van der Waals surface area contributed by atoms with E-state index in [1.807, 2.05) is 0 Å². The van der Waals surface area contributed by atoms with Crippen LogP contribution in [-0.4, -0.2) is 34.8 Å². The van der Waals surface area contributed by atoms with Gasteiger partial charge in [0.05, 0.1) is 0 Å². The Balaban J connectivity index is 2.88. The maximum absolute atomic E-state index is 11.2. The Hall–Kier alpha value is -1.59. The summed E-state index contributed by atoms with van der Waals surface area (Å²) in [6.07, 6.45) is 0. The molecule has 0 saturated carbocycles. The molecular weight excluding hydrogens is 174 g/mol. The summed E-state index contributed by atoms with van der Waals surface area (Å²) >= 11 is 0. The zero-order valence-electron chi connectivity index (χ0n) is 7.46. The molecule has 3 N–H and O–H groups in total. The molecule has 0 radical (unpaired) electrons. The highest BCUT2D eigenvalue weighted by Crippen LogP contribution is 2.19. The van der Waals surface area contributed by atoms with Crippen molar-refractivity contribution in [3.63, 3.8) is 0 Å². The zero-order valence-corrected chi connectivity index (χ0v) is 7.46. The first kappa shape index (κ1) is 9.50. The quantitative estimate of drug-likeness (QED) is 0.529. The molecule has 0 aromatic heterocycles. The topological polar surface area (TPSA) is 92.5 Å². The van der Waals surface area contributed by atoms with Crippen LogP contribution in [0, 0.1) is 0 Å². The van der Waals surface area contributed by atoms with Gasteiger partial charge in [-0.3, -0.25) is 14.9 Å². The summed E-state index contributed by atoms with van der Waals surface area (Å²) in [6, 6.07) is -0.575. The number of nitrogens with one attached hydrogen (secondary N) is 1. The predicted octanol–water partition coefficient (Wildman–Crippen LogP) is -1.20. The fourth-order valence-electron chi connectivity index (χ4n) is 1.12. The molecule has 1 heterocycles. The highest BCUT2D eigenvalue weighted by Gasteiger charge is 2.45. The molecule has 0 atom stereocenters. The Morgan fingerprint density at radius 2 is 2.08 bits per heavy atom. The molecule has 0 bridgehead atoms. The van der Waals surface area contributed by atoms with Crippen molar-refractivity contribution in [3.8, 4) is 0 Å². The van der Waals surface area contributed by atoms with Gasteiger partial charge in [0.1, 0.15) is 12.1 Å². The third-order valence-corrected chi connectivity index (χ3v) is 2.01. The number of carbonyl (C=O) groups is 3. The van der Waals surface area contributed by atoms with E-state index in [1.54, 1.807) is 13.8 Å². The molecule has 6 heteroatoms. The second-order valence-corrected chi connectivity index (χ2v) is 3.37. The number of urea groups is 1. The van der Waals surface area contributed by atoms with Crippen molar-refractivity contribution < 1.29 is 14.4 Å². The van der Waals surface area contributed by atoms with Gasteiger partial charge in [-0.25, -0.2) is 4.79 Å². The zero-order chi connectivity index (χ0) is 10.2. The van der Waals surface area contributed by atoms with Crippen LogP contribution in [0.2, 0.25) is 0 Å². The Bertz CT molecular complexity index is 285. The van der Waals surface area contributed by atoms with Crippen molar-refractivity contribution >= 4 is 17.8 Å². The van der Waals surface area contributed by atoms with Gasteiger partial charge in [-0.15, -0.1) is 0 Å². The van der Waals surface area contributed by atoms with Gasteiger partial charge in [0.2, 0.25) is 5.91 Å². The molecular formula is C7H11N3O3. The lowest BCUT2D eigenvalue weighted by molar-refractivity contribution is -0.126. The van der Waals surface area contributed by atoms with E-state index in [0.717, 1.165) is 4.90 Å². The SMILES string of the molecule is CC1(C)C(=O)NC(=O)N1CC(N)=O. The summed E-state index contributed by atoms with van der Waals surface area (Å²) in [5.74, 6) is -1.06. The largest absolute Gasteiger partial charge is 0.368 e. The molecule has 0 aromatic rings. The fraction of sp³-hybridized carbons (Fsp3) is 0.571. The van der Waals surface area contributed by atoms with Crippen molar-refractivity contribution in [3.05, 3.63) is 0 Å². The fourth-order valence-corrected chi connectivity index (χ4v) is 1.12. The van der Waals surface area contributed by atoms with E-state index in [-0.39, 0.29) is 6.54 Å². The summed E-state index contributed by atoms with van der Waals surface area (Å²) in [7, 11) is 0. The third kappa shape index (κ3) is 1.47. The first-order valence-electron chi connectivity index (χ1n) is 3.77. The van der Waals surface area contributed by atoms with E-state index in [0.29, 0.717) is 0 Å². The molecule has 1 aliphatic heterocycles. The molecule has 0 aliphatic carbocycles. The number of nitrogens with zero attached hydrogens (tertiary/aromatic N) is 1. The van der Waals surface area contributed by atoms with Crippen LogP contribution in [0.25, 0.3) is 0 Å². The van der Waals surface area contributed by atoms with Crippen LogP contribution in [0.1, 0.15) is 13.8 Å². The molecule has 0 spiro atoms. The minimum atomic E-state index is -0.994. The van der Waals surface area contributed by atoms with Crippen molar-refractivity contribution in [2.75, 3.05) is 6.54 Å². The van der Waals surface area contributed by atoms with Crippen LogP contribution in [0.4, 0.5) is 4.79 Å². The van der Waals surface area contributed by atoms with Crippen molar-refractivity contribution in [1.29, 1.82) is 0 Å². The molecule has 1 fully saturated rings. The van der Waals surface area contributed by atoms with Crippen molar-refractivity contribution in [2.45, 2.75) is 19.4 Å². The number of hydrogen-bond acceptors (Lipinski definition) is 3. The van der Waals surface area contributed by atoms with Crippen molar-refractivity contribution in [2.24, 2.45) is 5.73 Å². The van der Waals surface area contributed by atoms with Gasteiger partial charge in [-0.1, -0.05) is 0 Å². The first-order chi connectivity index (χ1) is 5.85. The Labute approximate surface area is 75.1 Å². The summed E-state index contributed by atoms with van der Waals surface area (Å²) in [6.45, 7) is 2.86. The monoisotopic (exact) mass is 185 g/mol. The number of amides is 4. The van der Waals surface area contributed by atoms with Gasteiger partial charge in [-0.05, 0) is 13.8 Å². The number of primary amides is 1. The summed E-state index contributed by atoms with van der Waals surface area (Å²) < 4.78 is 0.